The Morgan fingerprint density at radius 2 is 1.13 bits per heavy atom. The molecule has 0 bridgehead atoms. The van der Waals surface area contributed by atoms with Crippen molar-refractivity contribution in [2.75, 3.05) is 0 Å². The maximum atomic E-state index is 16.4. The first-order valence-corrected chi connectivity index (χ1v) is 15.4. The Kier molecular flexibility index (Phi) is 6.03. The van der Waals surface area contributed by atoms with Crippen LogP contribution < -0.4 is 0 Å². The molecule has 4 heterocycles. The van der Waals surface area contributed by atoms with Crippen LogP contribution in [0.25, 0.3) is 66.4 Å². The highest BCUT2D eigenvalue weighted by atomic mass is 19.1. The Hall–Kier alpha value is -6.07. The summed E-state index contributed by atoms with van der Waals surface area (Å²) in [5.74, 6) is 0.790. The van der Waals surface area contributed by atoms with Gasteiger partial charge in [-0.1, -0.05) is 78.9 Å². The number of hydrogen-bond acceptors (Lipinski definition) is 2. The number of alkyl halides is 1. The topological polar surface area (TPSA) is 35.6 Å². The molecule has 5 heteroatoms. The summed E-state index contributed by atoms with van der Waals surface area (Å²) in [7, 11) is 0. The average Bonchev–Trinajstić information content (AvgIpc) is 3.63. The number of aromatic nitrogens is 4. The van der Waals surface area contributed by atoms with E-state index in [2.05, 4.69) is 80.8 Å². The van der Waals surface area contributed by atoms with Crippen LogP contribution in [0.2, 0.25) is 0 Å². The van der Waals surface area contributed by atoms with Gasteiger partial charge in [-0.3, -0.25) is 9.55 Å². The molecule has 0 spiro atoms. The molecule has 218 valence electrons. The SMILES string of the molecule is FC(c1cccc(-c2ccccn2)c1)c1ccc2c3cc4c(cc3n(-c3ccccn3)c2c1)c1ccccc1n4-c1ccccc1. The van der Waals surface area contributed by atoms with Crippen LogP contribution in [0.1, 0.15) is 17.3 Å². The third-order valence-electron chi connectivity index (χ3n) is 8.91. The van der Waals surface area contributed by atoms with Crippen LogP contribution in [0.4, 0.5) is 4.39 Å². The average molecular weight is 595 g/mol. The van der Waals surface area contributed by atoms with Gasteiger partial charge in [0.1, 0.15) is 5.82 Å². The molecule has 5 aromatic carbocycles. The molecule has 4 nitrogen and oxygen atoms in total. The van der Waals surface area contributed by atoms with E-state index < -0.39 is 6.17 Å². The van der Waals surface area contributed by atoms with Crippen molar-refractivity contribution < 1.29 is 4.39 Å². The van der Waals surface area contributed by atoms with E-state index in [0.717, 1.165) is 61.0 Å². The molecule has 0 saturated carbocycles. The lowest BCUT2D eigenvalue weighted by molar-refractivity contribution is 0.402. The van der Waals surface area contributed by atoms with E-state index >= 15 is 4.39 Å². The van der Waals surface area contributed by atoms with E-state index in [4.69, 9.17) is 4.98 Å². The Morgan fingerprint density at radius 1 is 0.457 bits per heavy atom. The van der Waals surface area contributed by atoms with Gasteiger partial charge in [-0.15, -0.1) is 0 Å². The van der Waals surface area contributed by atoms with Crippen molar-refractivity contribution in [3.05, 3.63) is 169 Å². The Balaban J connectivity index is 1.29. The Bertz CT molecular complexity index is 2530. The minimum atomic E-state index is -1.31. The molecular formula is C41H27FN4. The van der Waals surface area contributed by atoms with Crippen LogP contribution in [0, 0.1) is 0 Å². The second-order valence-corrected chi connectivity index (χ2v) is 11.6. The smallest absolute Gasteiger partial charge is 0.150 e. The lowest BCUT2D eigenvalue weighted by Crippen LogP contribution is -1.99. The van der Waals surface area contributed by atoms with Gasteiger partial charge in [0.2, 0.25) is 0 Å². The number of rotatable bonds is 5. The van der Waals surface area contributed by atoms with Gasteiger partial charge in [0.15, 0.2) is 6.17 Å². The second kappa shape index (κ2) is 10.5. The predicted octanol–water partition coefficient (Wildman–Crippen LogP) is 10.4. The molecule has 0 saturated heterocycles. The zero-order chi connectivity index (χ0) is 30.6. The minimum Gasteiger partial charge on any atom is -0.309 e. The van der Waals surface area contributed by atoms with Crippen LogP contribution in [-0.4, -0.2) is 19.1 Å². The van der Waals surface area contributed by atoms with Crippen molar-refractivity contribution in [3.63, 3.8) is 0 Å². The van der Waals surface area contributed by atoms with Gasteiger partial charge in [0.25, 0.3) is 0 Å². The highest BCUT2D eigenvalue weighted by Crippen LogP contribution is 2.40. The number of nitrogens with zero attached hydrogens (tertiary/aromatic N) is 4. The summed E-state index contributed by atoms with van der Waals surface area (Å²) in [4.78, 5) is 9.21. The summed E-state index contributed by atoms with van der Waals surface area (Å²) in [6, 6.07) is 48.8. The Labute approximate surface area is 264 Å². The van der Waals surface area contributed by atoms with Crippen LogP contribution in [0.15, 0.2) is 158 Å². The van der Waals surface area contributed by atoms with Crippen LogP contribution >= 0.6 is 0 Å². The van der Waals surface area contributed by atoms with E-state index in [1.807, 2.05) is 78.9 Å². The zero-order valence-electron chi connectivity index (χ0n) is 24.8. The van der Waals surface area contributed by atoms with Crippen molar-refractivity contribution in [2.45, 2.75) is 6.17 Å². The molecule has 1 unspecified atom stereocenters. The third kappa shape index (κ3) is 4.13. The zero-order valence-corrected chi connectivity index (χ0v) is 24.8. The summed E-state index contributed by atoms with van der Waals surface area (Å²) in [6.07, 6.45) is 2.25. The fourth-order valence-electron chi connectivity index (χ4n) is 6.82. The van der Waals surface area contributed by atoms with E-state index in [0.29, 0.717) is 11.1 Å². The van der Waals surface area contributed by atoms with Crippen molar-refractivity contribution in [1.29, 1.82) is 0 Å². The third-order valence-corrected chi connectivity index (χ3v) is 8.91. The minimum absolute atomic E-state index is 0.592. The quantitative estimate of drug-likeness (QED) is 0.199. The number of benzene rings is 5. The van der Waals surface area contributed by atoms with Crippen LogP contribution in [0.5, 0.6) is 0 Å². The van der Waals surface area contributed by atoms with Gasteiger partial charge in [0.05, 0.1) is 27.8 Å². The first-order valence-electron chi connectivity index (χ1n) is 15.4. The number of fused-ring (bicyclic) bond motifs is 6. The highest BCUT2D eigenvalue weighted by Gasteiger charge is 2.21. The molecule has 46 heavy (non-hydrogen) atoms. The molecular weight excluding hydrogens is 567 g/mol. The van der Waals surface area contributed by atoms with Crippen molar-refractivity contribution in [3.8, 4) is 22.8 Å². The molecule has 0 amide bonds. The molecule has 0 aliphatic carbocycles. The molecule has 0 N–H and O–H groups in total. The van der Waals surface area contributed by atoms with Gasteiger partial charge in [-0.05, 0) is 77.9 Å². The number of para-hydroxylation sites is 2. The first-order chi connectivity index (χ1) is 22.7. The van der Waals surface area contributed by atoms with Gasteiger partial charge in [0, 0.05) is 45.2 Å². The maximum Gasteiger partial charge on any atom is 0.150 e. The molecule has 4 aromatic heterocycles. The van der Waals surface area contributed by atoms with Crippen LogP contribution in [-0.2, 0) is 0 Å². The van der Waals surface area contributed by atoms with Gasteiger partial charge >= 0.3 is 0 Å². The lowest BCUT2D eigenvalue weighted by Gasteiger charge is -2.12. The van der Waals surface area contributed by atoms with E-state index in [9.17, 15) is 0 Å². The van der Waals surface area contributed by atoms with E-state index in [1.165, 1.54) is 5.39 Å². The molecule has 9 rings (SSSR count). The molecule has 1 atom stereocenters. The van der Waals surface area contributed by atoms with Crippen molar-refractivity contribution in [2.24, 2.45) is 0 Å². The summed E-state index contributed by atoms with van der Waals surface area (Å²) >= 11 is 0. The predicted molar refractivity (Wildman–Crippen MR) is 186 cm³/mol. The van der Waals surface area contributed by atoms with Crippen LogP contribution in [0.3, 0.4) is 0 Å². The van der Waals surface area contributed by atoms with E-state index in [-0.39, 0.29) is 0 Å². The highest BCUT2D eigenvalue weighted by molar-refractivity contribution is 6.19. The van der Waals surface area contributed by atoms with E-state index in [1.54, 1.807) is 12.4 Å². The van der Waals surface area contributed by atoms with Gasteiger partial charge < -0.3 is 4.57 Å². The summed E-state index contributed by atoms with van der Waals surface area (Å²) in [5.41, 5.74) is 8.23. The molecule has 9 aromatic rings. The molecule has 0 aliphatic heterocycles. The second-order valence-electron chi connectivity index (χ2n) is 11.6. The summed E-state index contributed by atoms with van der Waals surface area (Å²) in [5, 5.41) is 4.47. The summed E-state index contributed by atoms with van der Waals surface area (Å²) < 4.78 is 20.9. The summed E-state index contributed by atoms with van der Waals surface area (Å²) in [6.45, 7) is 0. The van der Waals surface area contributed by atoms with Crippen molar-refractivity contribution >= 4 is 43.6 Å². The number of halogens is 1. The normalized spacial score (nSPS) is 12.4. The fraction of sp³-hybridized carbons (Fsp3) is 0.0244. The molecule has 0 aliphatic rings. The Morgan fingerprint density at radius 3 is 1.91 bits per heavy atom. The molecule has 0 radical (unpaired) electrons. The van der Waals surface area contributed by atoms with Gasteiger partial charge in [-0.2, -0.15) is 0 Å². The fourth-order valence-corrected chi connectivity index (χ4v) is 6.82. The number of pyridine rings is 2. The monoisotopic (exact) mass is 594 g/mol. The standard InChI is InChI=1S/C41H27FN4/c42-41(28-12-10-11-27(23-28)35-16-6-8-21-43-35)29-19-20-32-34-25-38-33(26-39(34)46(37(32)24-29)40-18-7-9-22-44-40)31-15-4-5-17-36(31)45(38)30-13-2-1-3-14-30/h1-26,41H. The largest absolute Gasteiger partial charge is 0.309 e. The van der Waals surface area contributed by atoms with Crippen molar-refractivity contribution in [1.82, 2.24) is 19.1 Å². The van der Waals surface area contributed by atoms with Gasteiger partial charge in [-0.25, -0.2) is 9.37 Å². The molecule has 0 fully saturated rings. The maximum absolute atomic E-state index is 16.4. The lowest BCUT2D eigenvalue weighted by atomic mass is 9.98. The first kappa shape index (κ1) is 26.3. The number of hydrogen-bond donors (Lipinski definition) is 0.